The van der Waals surface area contributed by atoms with Crippen LogP contribution in [0, 0.1) is 5.41 Å². The third-order valence-corrected chi connectivity index (χ3v) is 2.76. The molecule has 0 unspecified atom stereocenters. The van der Waals surface area contributed by atoms with Crippen molar-refractivity contribution in [2.75, 3.05) is 18.6 Å². The SMILES string of the molecule is CSCC(=O)NCC1(C(=O)O)CC1. The maximum Gasteiger partial charge on any atom is 0.311 e. The first kappa shape index (κ1) is 10.4. The lowest BCUT2D eigenvalue weighted by atomic mass is 10.1. The lowest BCUT2D eigenvalue weighted by Gasteiger charge is -2.10. The van der Waals surface area contributed by atoms with Crippen LogP contribution in [0.2, 0.25) is 0 Å². The second-order valence-electron chi connectivity index (χ2n) is 3.30. The van der Waals surface area contributed by atoms with E-state index in [1.807, 2.05) is 6.26 Å². The van der Waals surface area contributed by atoms with Crippen LogP contribution < -0.4 is 5.32 Å². The predicted molar refractivity (Wildman–Crippen MR) is 50.7 cm³/mol. The average molecular weight is 203 g/mol. The van der Waals surface area contributed by atoms with E-state index in [9.17, 15) is 9.59 Å². The Morgan fingerprint density at radius 2 is 2.15 bits per heavy atom. The van der Waals surface area contributed by atoms with Gasteiger partial charge in [0.15, 0.2) is 0 Å². The van der Waals surface area contributed by atoms with Crippen molar-refractivity contribution in [1.29, 1.82) is 0 Å². The van der Waals surface area contributed by atoms with Crippen LogP contribution in [0.5, 0.6) is 0 Å². The zero-order valence-electron chi connectivity index (χ0n) is 7.50. The van der Waals surface area contributed by atoms with Crippen LogP contribution in [0.3, 0.4) is 0 Å². The summed E-state index contributed by atoms with van der Waals surface area (Å²) in [5.41, 5.74) is -0.645. The summed E-state index contributed by atoms with van der Waals surface area (Å²) < 4.78 is 0. The van der Waals surface area contributed by atoms with Crippen molar-refractivity contribution in [3.05, 3.63) is 0 Å². The van der Waals surface area contributed by atoms with Crippen LogP contribution in [0.4, 0.5) is 0 Å². The van der Waals surface area contributed by atoms with Crippen molar-refractivity contribution in [3.8, 4) is 0 Å². The van der Waals surface area contributed by atoms with E-state index >= 15 is 0 Å². The molecule has 5 heteroatoms. The van der Waals surface area contributed by atoms with Crippen LogP contribution in [0.15, 0.2) is 0 Å². The quantitative estimate of drug-likeness (QED) is 0.675. The zero-order chi connectivity index (χ0) is 9.90. The summed E-state index contributed by atoms with van der Waals surface area (Å²) in [6, 6.07) is 0. The highest BCUT2D eigenvalue weighted by molar-refractivity contribution is 7.99. The third kappa shape index (κ3) is 2.62. The van der Waals surface area contributed by atoms with Crippen LogP contribution in [0.25, 0.3) is 0 Å². The Labute approximate surface area is 81.1 Å². The molecular weight excluding hydrogens is 190 g/mol. The van der Waals surface area contributed by atoms with Crippen molar-refractivity contribution >= 4 is 23.6 Å². The molecule has 0 radical (unpaired) electrons. The lowest BCUT2D eigenvalue weighted by molar-refractivity contribution is -0.143. The van der Waals surface area contributed by atoms with Gasteiger partial charge < -0.3 is 10.4 Å². The molecule has 0 heterocycles. The summed E-state index contributed by atoms with van der Waals surface area (Å²) in [6.45, 7) is 0.279. The fraction of sp³-hybridized carbons (Fsp3) is 0.750. The van der Waals surface area contributed by atoms with Crippen LogP contribution in [0.1, 0.15) is 12.8 Å². The standard InChI is InChI=1S/C8H13NO3S/c1-13-4-6(10)9-5-8(2-3-8)7(11)12/h2-5H2,1H3,(H,9,10)(H,11,12). The van der Waals surface area contributed by atoms with E-state index in [0.29, 0.717) is 18.6 Å². The molecule has 4 nitrogen and oxygen atoms in total. The van der Waals surface area contributed by atoms with Gasteiger partial charge in [0.05, 0.1) is 11.2 Å². The maximum atomic E-state index is 11.0. The highest BCUT2D eigenvalue weighted by atomic mass is 32.2. The number of carbonyl (C=O) groups is 2. The molecule has 2 N–H and O–H groups in total. The van der Waals surface area contributed by atoms with Crippen molar-refractivity contribution in [2.24, 2.45) is 5.41 Å². The molecule has 1 aliphatic carbocycles. The average Bonchev–Trinajstić information content (AvgIpc) is 2.82. The number of hydrogen-bond acceptors (Lipinski definition) is 3. The van der Waals surface area contributed by atoms with Crippen molar-refractivity contribution in [1.82, 2.24) is 5.32 Å². The van der Waals surface area contributed by atoms with E-state index in [2.05, 4.69) is 5.32 Å². The number of aliphatic carboxylic acids is 1. The number of carbonyl (C=O) groups excluding carboxylic acids is 1. The highest BCUT2D eigenvalue weighted by Gasteiger charge is 2.50. The normalized spacial score (nSPS) is 17.9. The summed E-state index contributed by atoms with van der Waals surface area (Å²) in [7, 11) is 0. The minimum atomic E-state index is -0.794. The molecule has 0 bridgehead atoms. The van der Waals surface area contributed by atoms with E-state index in [4.69, 9.17) is 5.11 Å². The molecule has 0 spiro atoms. The number of thioether (sulfide) groups is 1. The van der Waals surface area contributed by atoms with Crippen molar-refractivity contribution in [3.63, 3.8) is 0 Å². The van der Waals surface area contributed by atoms with Gasteiger partial charge in [-0.1, -0.05) is 0 Å². The molecule has 1 saturated carbocycles. The molecule has 0 aromatic heterocycles. The number of amides is 1. The van der Waals surface area contributed by atoms with Gasteiger partial charge in [-0.3, -0.25) is 9.59 Å². The van der Waals surface area contributed by atoms with Gasteiger partial charge in [0.25, 0.3) is 0 Å². The fourth-order valence-corrected chi connectivity index (χ4v) is 1.43. The van der Waals surface area contributed by atoms with Crippen LogP contribution >= 0.6 is 11.8 Å². The molecular formula is C8H13NO3S. The Morgan fingerprint density at radius 1 is 1.54 bits per heavy atom. The van der Waals surface area contributed by atoms with E-state index in [0.717, 1.165) is 0 Å². The largest absolute Gasteiger partial charge is 0.481 e. The third-order valence-electron chi connectivity index (χ3n) is 2.21. The Balaban J connectivity index is 2.26. The Bertz CT molecular complexity index is 225. The van der Waals surface area contributed by atoms with E-state index in [1.165, 1.54) is 11.8 Å². The van der Waals surface area contributed by atoms with Gasteiger partial charge in [0.1, 0.15) is 0 Å². The van der Waals surface area contributed by atoms with Gasteiger partial charge in [0, 0.05) is 6.54 Å². The van der Waals surface area contributed by atoms with Gasteiger partial charge in [-0.2, -0.15) is 11.8 Å². The van der Waals surface area contributed by atoms with Gasteiger partial charge in [-0.25, -0.2) is 0 Å². The summed E-state index contributed by atoms with van der Waals surface area (Å²) >= 11 is 1.43. The molecule has 0 aliphatic heterocycles. The Hall–Kier alpha value is -0.710. The van der Waals surface area contributed by atoms with Gasteiger partial charge in [0.2, 0.25) is 5.91 Å². The number of carboxylic acid groups (broad SMARTS) is 1. The lowest BCUT2D eigenvalue weighted by Crippen LogP contribution is -2.35. The minimum Gasteiger partial charge on any atom is -0.481 e. The van der Waals surface area contributed by atoms with Gasteiger partial charge in [-0.05, 0) is 19.1 Å². The molecule has 1 rings (SSSR count). The molecule has 0 atom stereocenters. The highest BCUT2D eigenvalue weighted by Crippen LogP contribution is 2.45. The van der Waals surface area contributed by atoms with E-state index in [-0.39, 0.29) is 12.5 Å². The van der Waals surface area contributed by atoms with Crippen molar-refractivity contribution in [2.45, 2.75) is 12.8 Å². The number of hydrogen-bond donors (Lipinski definition) is 2. The summed E-state index contributed by atoms with van der Waals surface area (Å²) in [4.78, 5) is 21.7. The van der Waals surface area contributed by atoms with Crippen molar-refractivity contribution < 1.29 is 14.7 Å². The summed E-state index contributed by atoms with van der Waals surface area (Å²) in [6.07, 6.45) is 3.20. The second kappa shape index (κ2) is 4.00. The molecule has 13 heavy (non-hydrogen) atoms. The molecule has 1 aliphatic rings. The Kier molecular flexibility index (Phi) is 3.19. The molecule has 1 amide bonds. The number of nitrogens with one attached hydrogen (secondary N) is 1. The van der Waals surface area contributed by atoms with Crippen LogP contribution in [-0.2, 0) is 9.59 Å². The number of rotatable bonds is 5. The number of carboxylic acids is 1. The minimum absolute atomic E-state index is 0.0833. The summed E-state index contributed by atoms with van der Waals surface area (Å²) in [5.74, 6) is -0.479. The fourth-order valence-electron chi connectivity index (χ4n) is 1.07. The summed E-state index contributed by atoms with van der Waals surface area (Å²) in [5, 5.41) is 11.4. The van der Waals surface area contributed by atoms with Gasteiger partial charge >= 0.3 is 5.97 Å². The monoisotopic (exact) mass is 203 g/mol. The van der Waals surface area contributed by atoms with Gasteiger partial charge in [-0.15, -0.1) is 0 Å². The zero-order valence-corrected chi connectivity index (χ0v) is 8.32. The first-order chi connectivity index (χ1) is 6.10. The first-order valence-corrected chi connectivity index (χ1v) is 5.49. The molecule has 1 fully saturated rings. The van der Waals surface area contributed by atoms with E-state index < -0.39 is 11.4 Å². The van der Waals surface area contributed by atoms with Crippen LogP contribution in [-0.4, -0.2) is 35.5 Å². The Morgan fingerprint density at radius 3 is 2.54 bits per heavy atom. The first-order valence-electron chi connectivity index (χ1n) is 4.10. The second-order valence-corrected chi connectivity index (χ2v) is 4.16. The van der Waals surface area contributed by atoms with E-state index in [1.54, 1.807) is 0 Å². The topological polar surface area (TPSA) is 66.4 Å². The molecule has 0 aromatic carbocycles. The molecule has 0 saturated heterocycles. The maximum absolute atomic E-state index is 11.0. The molecule has 74 valence electrons. The molecule has 0 aromatic rings. The predicted octanol–water partition coefficient (Wildman–Crippen LogP) is 0.330. The smallest absolute Gasteiger partial charge is 0.311 e.